The maximum absolute atomic E-state index is 11.9. The van der Waals surface area contributed by atoms with E-state index in [4.69, 9.17) is 27.9 Å². The molecule has 0 aliphatic heterocycles. The maximum Gasteiger partial charge on any atom is 0.359 e. The van der Waals surface area contributed by atoms with Gasteiger partial charge in [0.05, 0.1) is 22.1 Å². The zero-order valence-corrected chi connectivity index (χ0v) is 14.2. The molecule has 0 saturated heterocycles. The van der Waals surface area contributed by atoms with Crippen molar-refractivity contribution in [3.8, 4) is 0 Å². The smallest absolute Gasteiger partial charge is 0.359 e. The second-order valence-electron chi connectivity index (χ2n) is 4.76. The fraction of sp³-hybridized carbons (Fsp3) is 0.286. The van der Waals surface area contributed by atoms with Gasteiger partial charge in [-0.2, -0.15) is 5.10 Å². The van der Waals surface area contributed by atoms with Crippen LogP contribution in [0.1, 0.15) is 21.9 Å². The molecule has 9 heteroatoms. The van der Waals surface area contributed by atoms with Gasteiger partial charge in [0, 0.05) is 7.05 Å². The Morgan fingerprint density at radius 3 is 2.61 bits per heavy atom. The van der Waals surface area contributed by atoms with Crippen molar-refractivity contribution in [1.82, 2.24) is 14.8 Å². The molecule has 2 aromatic heterocycles. The van der Waals surface area contributed by atoms with Crippen molar-refractivity contribution >= 4 is 40.8 Å². The van der Waals surface area contributed by atoms with Crippen LogP contribution in [-0.4, -0.2) is 33.2 Å². The molecular formula is C14H14Cl2N4O3. The van der Waals surface area contributed by atoms with Crippen molar-refractivity contribution < 1.29 is 14.3 Å². The normalized spacial score (nSPS) is 10.5. The summed E-state index contributed by atoms with van der Waals surface area (Å²) in [5.74, 6) is -1.32. The van der Waals surface area contributed by atoms with E-state index in [0.717, 1.165) is 5.69 Å². The summed E-state index contributed by atoms with van der Waals surface area (Å²) in [4.78, 5) is 27.6. The first-order valence-corrected chi connectivity index (χ1v) is 7.34. The molecule has 2 rings (SSSR count). The molecule has 23 heavy (non-hydrogen) atoms. The van der Waals surface area contributed by atoms with Crippen LogP contribution in [0.2, 0.25) is 10.2 Å². The number of pyridine rings is 1. The Labute approximate surface area is 142 Å². The average Bonchev–Trinajstić information content (AvgIpc) is 2.73. The number of aryl methyl sites for hydroxylation is 2. The minimum Gasteiger partial charge on any atom is -0.451 e. The van der Waals surface area contributed by atoms with Crippen LogP contribution in [0, 0.1) is 13.8 Å². The van der Waals surface area contributed by atoms with E-state index < -0.39 is 18.5 Å². The quantitative estimate of drug-likeness (QED) is 0.671. The molecule has 0 aliphatic rings. The molecular weight excluding hydrogens is 343 g/mol. The predicted molar refractivity (Wildman–Crippen MR) is 85.9 cm³/mol. The first-order chi connectivity index (χ1) is 10.8. The Hall–Kier alpha value is -2.12. The summed E-state index contributed by atoms with van der Waals surface area (Å²) < 4.78 is 6.55. The molecule has 2 heterocycles. The molecule has 0 unspecified atom stereocenters. The van der Waals surface area contributed by atoms with Crippen molar-refractivity contribution in [3.05, 3.63) is 39.4 Å². The van der Waals surface area contributed by atoms with Gasteiger partial charge in [0.1, 0.15) is 5.15 Å². The summed E-state index contributed by atoms with van der Waals surface area (Å²) in [5.41, 5.74) is 1.92. The third kappa shape index (κ3) is 4.00. The van der Waals surface area contributed by atoms with Gasteiger partial charge in [-0.3, -0.25) is 9.48 Å². The summed E-state index contributed by atoms with van der Waals surface area (Å²) >= 11 is 11.5. The van der Waals surface area contributed by atoms with Gasteiger partial charge in [-0.1, -0.05) is 23.2 Å². The van der Waals surface area contributed by atoms with Gasteiger partial charge in [0.15, 0.2) is 12.3 Å². The lowest BCUT2D eigenvalue weighted by Gasteiger charge is -2.07. The van der Waals surface area contributed by atoms with Crippen LogP contribution in [0.4, 0.5) is 5.69 Å². The number of nitrogens with zero attached hydrogens (tertiary/aromatic N) is 3. The highest BCUT2D eigenvalue weighted by Gasteiger charge is 2.17. The number of esters is 1. The first-order valence-electron chi connectivity index (χ1n) is 6.58. The highest BCUT2D eigenvalue weighted by Crippen LogP contribution is 2.19. The SMILES string of the molecule is Cc1nn(C)c(C)c1NC(=O)COC(=O)c1nc(Cl)ccc1Cl. The fourth-order valence-electron chi connectivity index (χ4n) is 1.89. The van der Waals surface area contributed by atoms with Gasteiger partial charge in [-0.25, -0.2) is 9.78 Å². The van der Waals surface area contributed by atoms with Crippen LogP contribution < -0.4 is 5.32 Å². The lowest BCUT2D eigenvalue weighted by atomic mass is 10.3. The third-order valence-corrected chi connectivity index (χ3v) is 3.63. The van der Waals surface area contributed by atoms with Gasteiger partial charge < -0.3 is 10.1 Å². The lowest BCUT2D eigenvalue weighted by molar-refractivity contribution is -0.119. The van der Waals surface area contributed by atoms with E-state index in [9.17, 15) is 9.59 Å². The summed E-state index contributed by atoms with van der Waals surface area (Å²) in [6.45, 7) is 3.11. The molecule has 1 N–H and O–H groups in total. The molecule has 0 radical (unpaired) electrons. The Bertz CT molecular complexity index is 774. The van der Waals surface area contributed by atoms with Gasteiger partial charge in [0.25, 0.3) is 5.91 Å². The number of nitrogens with one attached hydrogen (secondary N) is 1. The van der Waals surface area contributed by atoms with Crippen molar-refractivity contribution in [2.45, 2.75) is 13.8 Å². The summed E-state index contributed by atoms with van der Waals surface area (Å²) in [5, 5.41) is 7.03. The summed E-state index contributed by atoms with van der Waals surface area (Å²) in [6, 6.07) is 2.87. The van der Waals surface area contributed by atoms with Crippen LogP contribution >= 0.6 is 23.2 Å². The monoisotopic (exact) mass is 356 g/mol. The number of hydrogen-bond acceptors (Lipinski definition) is 5. The van der Waals surface area contributed by atoms with Crippen molar-refractivity contribution in [1.29, 1.82) is 0 Å². The largest absolute Gasteiger partial charge is 0.451 e. The predicted octanol–water partition coefficient (Wildman–Crippen LogP) is 2.53. The van der Waals surface area contributed by atoms with Crippen molar-refractivity contribution in [2.24, 2.45) is 7.05 Å². The Morgan fingerprint density at radius 1 is 1.30 bits per heavy atom. The molecule has 0 aromatic carbocycles. The number of rotatable bonds is 4. The van der Waals surface area contributed by atoms with Crippen molar-refractivity contribution in [2.75, 3.05) is 11.9 Å². The van der Waals surface area contributed by atoms with Gasteiger partial charge in [-0.15, -0.1) is 0 Å². The molecule has 0 bridgehead atoms. The van der Waals surface area contributed by atoms with Crippen LogP contribution in [0.15, 0.2) is 12.1 Å². The zero-order chi connectivity index (χ0) is 17.1. The van der Waals surface area contributed by atoms with E-state index in [1.165, 1.54) is 12.1 Å². The molecule has 2 aromatic rings. The number of amides is 1. The number of carbonyl (C=O) groups excluding carboxylic acids is 2. The van der Waals surface area contributed by atoms with Crippen LogP contribution in [0.5, 0.6) is 0 Å². The van der Waals surface area contributed by atoms with Gasteiger partial charge in [-0.05, 0) is 26.0 Å². The average molecular weight is 357 g/mol. The topological polar surface area (TPSA) is 86.1 Å². The number of ether oxygens (including phenoxy) is 1. The molecule has 122 valence electrons. The molecule has 7 nitrogen and oxygen atoms in total. The second-order valence-corrected chi connectivity index (χ2v) is 5.55. The maximum atomic E-state index is 11.9. The van der Waals surface area contributed by atoms with E-state index in [1.54, 1.807) is 18.7 Å². The molecule has 0 spiro atoms. The highest BCUT2D eigenvalue weighted by molar-refractivity contribution is 6.34. The van der Waals surface area contributed by atoms with E-state index in [-0.39, 0.29) is 15.9 Å². The molecule has 0 fully saturated rings. The van der Waals surface area contributed by atoms with Crippen molar-refractivity contribution in [3.63, 3.8) is 0 Å². The Balaban J connectivity index is 1.99. The van der Waals surface area contributed by atoms with Crippen LogP contribution in [-0.2, 0) is 16.6 Å². The first kappa shape index (κ1) is 17.2. The zero-order valence-electron chi connectivity index (χ0n) is 12.7. The third-order valence-electron chi connectivity index (χ3n) is 3.11. The molecule has 0 saturated carbocycles. The number of halogens is 2. The number of anilines is 1. The number of carbonyl (C=O) groups is 2. The van der Waals surface area contributed by atoms with Crippen LogP contribution in [0.3, 0.4) is 0 Å². The summed E-state index contributed by atoms with van der Waals surface area (Å²) in [7, 11) is 1.77. The number of aromatic nitrogens is 3. The Morgan fingerprint density at radius 2 is 2.00 bits per heavy atom. The summed E-state index contributed by atoms with van der Waals surface area (Å²) in [6.07, 6.45) is 0. The van der Waals surface area contributed by atoms with E-state index >= 15 is 0 Å². The highest BCUT2D eigenvalue weighted by atomic mass is 35.5. The van der Waals surface area contributed by atoms with Gasteiger partial charge in [0.2, 0.25) is 0 Å². The van der Waals surface area contributed by atoms with E-state index in [1.807, 2.05) is 6.92 Å². The standard InChI is InChI=1S/C14H14Cl2N4O3/c1-7-12(8(2)20(3)19-7)18-11(21)6-23-14(22)13-9(15)4-5-10(16)17-13/h4-5H,6H2,1-3H3,(H,18,21). The van der Waals surface area contributed by atoms with E-state index in [0.29, 0.717) is 11.4 Å². The Kier molecular flexibility index (Phi) is 5.23. The minimum atomic E-state index is -0.827. The fourth-order valence-corrected chi connectivity index (χ4v) is 2.22. The molecule has 0 aliphatic carbocycles. The minimum absolute atomic E-state index is 0.0961. The number of hydrogen-bond donors (Lipinski definition) is 1. The molecule has 1 amide bonds. The molecule has 0 atom stereocenters. The van der Waals surface area contributed by atoms with Gasteiger partial charge >= 0.3 is 5.97 Å². The van der Waals surface area contributed by atoms with Crippen LogP contribution in [0.25, 0.3) is 0 Å². The van der Waals surface area contributed by atoms with E-state index in [2.05, 4.69) is 15.4 Å². The lowest BCUT2D eigenvalue weighted by Crippen LogP contribution is -2.22. The second kappa shape index (κ2) is 6.97.